The van der Waals surface area contributed by atoms with Crippen LogP contribution in [0.1, 0.15) is 52.0 Å². The number of amides is 2. The van der Waals surface area contributed by atoms with Gasteiger partial charge in [0.15, 0.2) is 0 Å². The summed E-state index contributed by atoms with van der Waals surface area (Å²) in [6.45, 7) is 0.122. The van der Waals surface area contributed by atoms with Crippen LogP contribution in [0.15, 0.2) is 66.7 Å². The summed E-state index contributed by atoms with van der Waals surface area (Å²) < 4.78 is 41.0. The maximum atomic E-state index is 13.9. The second-order valence-corrected chi connectivity index (χ2v) is 8.78. The number of hydrogen-bond acceptors (Lipinski definition) is 3. The Labute approximate surface area is 201 Å². The van der Waals surface area contributed by atoms with Gasteiger partial charge in [-0.3, -0.25) is 9.59 Å². The van der Waals surface area contributed by atoms with Crippen LogP contribution in [0.25, 0.3) is 0 Å². The zero-order valence-corrected chi connectivity index (χ0v) is 19.0. The predicted molar refractivity (Wildman–Crippen MR) is 127 cm³/mol. The highest BCUT2D eigenvalue weighted by molar-refractivity contribution is 6.04. The first-order valence-corrected chi connectivity index (χ1v) is 11.5. The average Bonchev–Trinajstić information content (AvgIpc) is 2.83. The molecule has 0 spiro atoms. The van der Waals surface area contributed by atoms with Gasteiger partial charge >= 0.3 is 0 Å². The lowest BCUT2D eigenvalue weighted by atomic mass is 9.90. The van der Waals surface area contributed by atoms with Crippen LogP contribution >= 0.6 is 0 Å². The molecule has 1 aliphatic carbocycles. The number of nitrogens with zero attached hydrogens (tertiary/aromatic N) is 1. The monoisotopic (exact) mass is 481 g/mol. The number of halogens is 3. The average molecular weight is 482 g/mol. The van der Waals surface area contributed by atoms with Crippen molar-refractivity contribution in [2.24, 2.45) is 5.73 Å². The van der Waals surface area contributed by atoms with E-state index in [4.69, 9.17) is 5.73 Å². The molecular formula is C27H26F3N3O2. The minimum atomic E-state index is -0.828. The lowest BCUT2D eigenvalue weighted by Gasteiger charge is -2.36. The number of carbonyl (C=O) groups excluding carboxylic acids is 2. The molecule has 0 heterocycles. The molecule has 3 aromatic carbocycles. The lowest BCUT2D eigenvalue weighted by Crippen LogP contribution is -2.44. The van der Waals surface area contributed by atoms with Gasteiger partial charge in [-0.15, -0.1) is 0 Å². The zero-order valence-electron chi connectivity index (χ0n) is 19.0. The summed E-state index contributed by atoms with van der Waals surface area (Å²) in [6, 6.07) is 14.8. The number of nitrogens with one attached hydrogen (secondary N) is 1. The zero-order chi connectivity index (χ0) is 24.9. The molecule has 0 radical (unpaired) electrons. The largest absolute Gasteiger partial charge is 0.331 e. The third-order valence-electron chi connectivity index (χ3n) is 6.27. The summed E-state index contributed by atoms with van der Waals surface area (Å²) >= 11 is 0. The summed E-state index contributed by atoms with van der Waals surface area (Å²) in [5.74, 6) is -3.02. The minimum absolute atomic E-state index is 0.0529. The molecule has 0 atom stereocenters. The summed E-state index contributed by atoms with van der Waals surface area (Å²) in [5, 5.41) is 2.82. The van der Waals surface area contributed by atoms with Crippen molar-refractivity contribution in [3.63, 3.8) is 0 Å². The van der Waals surface area contributed by atoms with Gasteiger partial charge in [-0.05, 0) is 73.7 Å². The number of anilines is 1. The molecule has 4 rings (SSSR count). The first-order valence-electron chi connectivity index (χ1n) is 11.5. The second kappa shape index (κ2) is 10.7. The highest BCUT2D eigenvalue weighted by atomic mass is 19.1. The van der Waals surface area contributed by atoms with E-state index < -0.39 is 29.3 Å². The number of carbonyl (C=O) groups is 2. The molecule has 182 valence electrons. The molecular weight excluding hydrogens is 455 g/mol. The Morgan fingerprint density at radius 2 is 1.46 bits per heavy atom. The summed E-state index contributed by atoms with van der Waals surface area (Å²) in [6.07, 6.45) is 2.79. The predicted octanol–water partition coefficient (Wildman–Crippen LogP) is 5.27. The molecule has 1 saturated carbocycles. The van der Waals surface area contributed by atoms with Crippen LogP contribution in [0.5, 0.6) is 0 Å². The van der Waals surface area contributed by atoms with Gasteiger partial charge in [0.1, 0.15) is 17.5 Å². The standard InChI is InChI=1S/C27H26F3N3O2/c28-20-7-5-17(6-8-20)26(34)32-25-4-2-1-3-18(25)16-33(24-11-9-23(31)10-12-24)27(35)19-13-21(29)15-22(30)14-19/h1-8,13-15,23-24H,9-12,16,31H2,(H,32,34). The fourth-order valence-electron chi connectivity index (χ4n) is 4.38. The van der Waals surface area contributed by atoms with E-state index in [9.17, 15) is 22.8 Å². The first-order chi connectivity index (χ1) is 16.8. The molecule has 1 aliphatic rings. The second-order valence-electron chi connectivity index (χ2n) is 8.78. The van der Waals surface area contributed by atoms with Crippen molar-refractivity contribution in [3.8, 4) is 0 Å². The quantitative estimate of drug-likeness (QED) is 0.504. The number of rotatable bonds is 6. The van der Waals surface area contributed by atoms with Gasteiger partial charge in [0.05, 0.1) is 0 Å². The van der Waals surface area contributed by atoms with Gasteiger partial charge in [0.2, 0.25) is 0 Å². The molecule has 0 aliphatic heterocycles. The smallest absolute Gasteiger partial charge is 0.255 e. The van der Waals surface area contributed by atoms with Crippen LogP contribution in [-0.2, 0) is 6.54 Å². The fourth-order valence-corrected chi connectivity index (χ4v) is 4.38. The van der Waals surface area contributed by atoms with Gasteiger partial charge < -0.3 is 16.0 Å². The SMILES string of the molecule is NC1CCC(N(Cc2ccccc2NC(=O)c2ccc(F)cc2)C(=O)c2cc(F)cc(F)c2)CC1. The molecule has 3 N–H and O–H groups in total. The molecule has 2 amide bonds. The molecule has 0 aromatic heterocycles. The number of benzene rings is 3. The Hall–Kier alpha value is -3.65. The maximum Gasteiger partial charge on any atom is 0.255 e. The Balaban J connectivity index is 1.62. The van der Waals surface area contributed by atoms with Crippen LogP contribution in [0.4, 0.5) is 18.9 Å². The molecule has 0 unspecified atom stereocenters. The van der Waals surface area contributed by atoms with E-state index in [1.54, 1.807) is 29.2 Å². The number of para-hydroxylation sites is 1. The van der Waals surface area contributed by atoms with E-state index >= 15 is 0 Å². The number of nitrogens with two attached hydrogens (primary N) is 1. The van der Waals surface area contributed by atoms with E-state index in [0.717, 1.165) is 31.0 Å². The van der Waals surface area contributed by atoms with Crippen molar-refractivity contribution in [3.05, 3.63) is 101 Å². The van der Waals surface area contributed by atoms with Gasteiger partial charge in [-0.2, -0.15) is 0 Å². The van der Waals surface area contributed by atoms with Crippen molar-refractivity contribution >= 4 is 17.5 Å². The Morgan fingerprint density at radius 3 is 2.11 bits per heavy atom. The first kappa shape index (κ1) is 24.5. The number of hydrogen-bond donors (Lipinski definition) is 2. The highest BCUT2D eigenvalue weighted by Crippen LogP contribution is 2.28. The molecule has 35 heavy (non-hydrogen) atoms. The van der Waals surface area contributed by atoms with E-state index in [2.05, 4.69) is 5.32 Å². The molecule has 0 bridgehead atoms. The third-order valence-corrected chi connectivity index (χ3v) is 6.27. The van der Waals surface area contributed by atoms with Crippen LogP contribution in [-0.4, -0.2) is 28.8 Å². The fraction of sp³-hybridized carbons (Fsp3) is 0.259. The van der Waals surface area contributed by atoms with Crippen LogP contribution < -0.4 is 11.1 Å². The van der Waals surface area contributed by atoms with Gasteiger partial charge in [0, 0.05) is 41.5 Å². The van der Waals surface area contributed by atoms with E-state index in [0.29, 0.717) is 24.1 Å². The van der Waals surface area contributed by atoms with Crippen molar-refractivity contribution < 1.29 is 22.8 Å². The minimum Gasteiger partial charge on any atom is -0.331 e. The van der Waals surface area contributed by atoms with Crippen LogP contribution in [0.3, 0.4) is 0 Å². The molecule has 8 heteroatoms. The Kier molecular flexibility index (Phi) is 7.51. The topological polar surface area (TPSA) is 75.4 Å². The van der Waals surface area contributed by atoms with Gasteiger partial charge in [0.25, 0.3) is 11.8 Å². The van der Waals surface area contributed by atoms with E-state index in [1.807, 2.05) is 0 Å². The normalized spacial score (nSPS) is 17.6. The summed E-state index contributed by atoms with van der Waals surface area (Å²) in [5.41, 5.74) is 7.39. The van der Waals surface area contributed by atoms with Crippen molar-refractivity contribution in [2.75, 3.05) is 5.32 Å². The third kappa shape index (κ3) is 6.08. The van der Waals surface area contributed by atoms with Crippen molar-refractivity contribution in [1.82, 2.24) is 4.90 Å². The molecule has 3 aromatic rings. The van der Waals surface area contributed by atoms with Crippen LogP contribution in [0.2, 0.25) is 0 Å². The highest BCUT2D eigenvalue weighted by Gasteiger charge is 2.29. The van der Waals surface area contributed by atoms with Gasteiger partial charge in [-0.25, -0.2) is 13.2 Å². The van der Waals surface area contributed by atoms with Gasteiger partial charge in [-0.1, -0.05) is 18.2 Å². The van der Waals surface area contributed by atoms with Crippen LogP contribution in [0, 0.1) is 17.5 Å². The van der Waals surface area contributed by atoms with Crippen molar-refractivity contribution in [2.45, 2.75) is 44.3 Å². The van der Waals surface area contributed by atoms with Crippen molar-refractivity contribution in [1.29, 1.82) is 0 Å². The molecule has 5 nitrogen and oxygen atoms in total. The molecule has 1 fully saturated rings. The summed E-state index contributed by atoms with van der Waals surface area (Å²) in [7, 11) is 0. The Bertz CT molecular complexity index is 1190. The molecule has 0 saturated heterocycles. The lowest BCUT2D eigenvalue weighted by molar-refractivity contribution is 0.0606. The Morgan fingerprint density at radius 1 is 0.829 bits per heavy atom. The van der Waals surface area contributed by atoms with E-state index in [-0.39, 0.29) is 29.8 Å². The summed E-state index contributed by atoms with van der Waals surface area (Å²) in [4.78, 5) is 27.8. The maximum absolute atomic E-state index is 13.9. The van der Waals surface area contributed by atoms with E-state index in [1.165, 1.54) is 24.3 Å².